The van der Waals surface area contributed by atoms with Gasteiger partial charge in [0.05, 0.1) is 6.33 Å². The fraction of sp³-hybridized carbons (Fsp3) is 0.619. The molecule has 172 valence electrons. The third-order valence-corrected chi connectivity index (χ3v) is 5.95. The highest BCUT2D eigenvalue weighted by Crippen LogP contribution is 2.33. The summed E-state index contributed by atoms with van der Waals surface area (Å²) in [4.78, 5) is 24.9. The highest BCUT2D eigenvalue weighted by Gasteiger charge is 2.47. The van der Waals surface area contributed by atoms with Crippen molar-refractivity contribution in [1.82, 2.24) is 24.8 Å². The molecule has 32 heavy (non-hydrogen) atoms. The smallest absolute Gasteiger partial charge is 0.252 e. The largest absolute Gasteiger partial charge is 0.387 e. The molecule has 2 aliphatic rings. The molecule has 1 aliphatic heterocycles. The molecule has 1 amide bonds. The van der Waals surface area contributed by atoms with Gasteiger partial charge >= 0.3 is 0 Å². The Labute approximate surface area is 185 Å². The van der Waals surface area contributed by atoms with Gasteiger partial charge in [-0.25, -0.2) is 15.0 Å². The van der Waals surface area contributed by atoms with Crippen LogP contribution in [-0.2, 0) is 9.53 Å². The first-order chi connectivity index (χ1) is 15.2. The molecule has 0 radical (unpaired) electrons. The molecular weight excluding hydrogens is 416 g/mol. The molecule has 1 saturated carbocycles. The topological polar surface area (TPSA) is 169 Å². The summed E-state index contributed by atoms with van der Waals surface area (Å²) in [5.74, 6) is 5.74. The number of carbonyl (C=O) groups is 1. The summed E-state index contributed by atoms with van der Waals surface area (Å²) in [5, 5.41) is 34.1. The van der Waals surface area contributed by atoms with Crippen molar-refractivity contribution < 1.29 is 24.9 Å². The maximum absolute atomic E-state index is 12.2. The van der Waals surface area contributed by atoms with Gasteiger partial charge < -0.3 is 31.1 Å². The molecule has 2 aromatic heterocycles. The van der Waals surface area contributed by atoms with Crippen LogP contribution in [-0.4, -0.2) is 71.2 Å². The van der Waals surface area contributed by atoms with Crippen molar-refractivity contribution >= 4 is 22.9 Å². The number of aromatic nitrogens is 4. The minimum absolute atomic E-state index is 0.0790. The van der Waals surface area contributed by atoms with Gasteiger partial charge in [-0.3, -0.25) is 9.36 Å². The van der Waals surface area contributed by atoms with Gasteiger partial charge in [-0.2, -0.15) is 0 Å². The van der Waals surface area contributed by atoms with Crippen LogP contribution in [0.3, 0.4) is 0 Å². The molecular formula is C21H28N6O5. The average Bonchev–Trinajstić information content (AvgIpc) is 3.28. The number of hydrogen-bond donors (Lipinski definition) is 5. The Morgan fingerprint density at radius 1 is 1.41 bits per heavy atom. The number of anilines is 1. The van der Waals surface area contributed by atoms with E-state index in [4.69, 9.17) is 10.5 Å². The summed E-state index contributed by atoms with van der Waals surface area (Å²) < 4.78 is 7.04. The number of nitrogens with two attached hydrogens (primary N) is 1. The number of nitrogens with zero attached hydrogens (tertiary/aromatic N) is 4. The molecule has 4 rings (SSSR count). The fourth-order valence-corrected chi connectivity index (χ4v) is 4.37. The van der Waals surface area contributed by atoms with Gasteiger partial charge in [0.25, 0.3) is 5.91 Å². The first kappa shape index (κ1) is 22.4. The number of carbonyl (C=O) groups excluding carboxylic acids is 1. The van der Waals surface area contributed by atoms with Crippen molar-refractivity contribution in [3.8, 4) is 11.8 Å². The molecule has 0 aromatic carbocycles. The first-order valence-electron chi connectivity index (χ1n) is 10.8. The lowest BCUT2D eigenvalue weighted by Crippen LogP contribution is -2.42. The van der Waals surface area contributed by atoms with Crippen LogP contribution in [0, 0.1) is 17.8 Å². The minimum Gasteiger partial charge on any atom is -0.387 e. The van der Waals surface area contributed by atoms with Crippen LogP contribution in [0.4, 0.5) is 5.82 Å². The lowest BCUT2D eigenvalue weighted by atomic mass is 9.79. The molecule has 6 N–H and O–H groups in total. The molecule has 1 unspecified atom stereocenters. The van der Waals surface area contributed by atoms with E-state index in [9.17, 15) is 20.1 Å². The van der Waals surface area contributed by atoms with E-state index in [2.05, 4.69) is 39.0 Å². The van der Waals surface area contributed by atoms with Crippen LogP contribution in [0.15, 0.2) is 6.33 Å². The van der Waals surface area contributed by atoms with E-state index in [1.54, 1.807) is 6.92 Å². The molecule has 6 atom stereocenters. The molecule has 3 heterocycles. The van der Waals surface area contributed by atoms with Gasteiger partial charge in [0, 0.05) is 6.54 Å². The van der Waals surface area contributed by atoms with Crippen LogP contribution in [0.5, 0.6) is 0 Å². The van der Waals surface area contributed by atoms with E-state index >= 15 is 0 Å². The quantitative estimate of drug-likeness (QED) is 0.390. The highest BCUT2D eigenvalue weighted by molar-refractivity contribution is 5.83. The third-order valence-electron chi connectivity index (χ3n) is 5.95. The lowest BCUT2D eigenvalue weighted by Gasteiger charge is -2.30. The Morgan fingerprint density at radius 3 is 2.91 bits per heavy atom. The molecule has 11 nitrogen and oxygen atoms in total. The molecule has 2 aromatic rings. The SMILES string of the molecule is CCNC(=O)[C@H]1O[C@@H](n2cnc3c(N)nc(C#C[C@]4(O)CCC[C@@H](C)C4)nc32)[C@@H](O)C1O. The zero-order valence-corrected chi connectivity index (χ0v) is 18.0. The summed E-state index contributed by atoms with van der Waals surface area (Å²) in [6, 6.07) is 0. The Hall–Kier alpha value is -2.78. The number of rotatable bonds is 3. The van der Waals surface area contributed by atoms with E-state index in [-0.39, 0.29) is 22.8 Å². The summed E-state index contributed by atoms with van der Waals surface area (Å²) in [5.41, 5.74) is 5.44. The Balaban J connectivity index is 1.66. The van der Waals surface area contributed by atoms with Gasteiger partial charge in [0.2, 0.25) is 5.82 Å². The second-order valence-corrected chi connectivity index (χ2v) is 8.56. The van der Waals surface area contributed by atoms with Gasteiger partial charge in [-0.1, -0.05) is 19.3 Å². The number of amides is 1. The predicted molar refractivity (Wildman–Crippen MR) is 114 cm³/mol. The molecule has 0 bridgehead atoms. The first-order valence-corrected chi connectivity index (χ1v) is 10.8. The Bertz CT molecular complexity index is 1080. The van der Waals surface area contributed by atoms with Gasteiger partial charge in [0.1, 0.15) is 23.3 Å². The van der Waals surface area contributed by atoms with Crippen molar-refractivity contribution in [2.75, 3.05) is 12.3 Å². The molecule has 2 fully saturated rings. The maximum Gasteiger partial charge on any atom is 0.252 e. The number of nitrogen functional groups attached to an aromatic ring is 1. The van der Waals surface area contributed by atoms with Crippen molar-refractivity contribution in [3.05, 3.63) is 12.2 Å². The molecule has 1 saturated heterocycles. The Morgan fingerprint density at radius 2 is 2.19 bits per heavy atom. The zero-order valence-electron chi connectivity index (χ0n) is 18.0. The number of ether oxygens (including phenoxy) is 1. The highest BCUT2D eigenvalue weighted by atomic mass is 16.6. The number of aliphatic hydroxyl groups is 3. The maximum atomic E-state index is 12.2. The Kier molecular flexibility index (Phi) is 6.05. The standard InChI is InChI=1S/C21H28N6O5/c1-3-23-19(30)16-14(28)15(29)20(32-16)27-10-24-13-17(22)25-12(26-18(13)27)6-8-21(31)7-4-5-11(2)9-21/h10-11,14-16,20,28-29,31H,3-5,7,9H2,1-2H3,(H,23,30)(H2,22,25,26)/t11-,14?,15+,16+,20-,21-/m1/s1. The summed E-state index contributed by atoms with van der Waals surface area (Å²) >= 11 is 0. The van der Waals surface area contributed by atoms with Crippen LogP contribution < -0.4 is 11.1 Å². The van der Waals surface area contributed by atoms with Crippen molar-refractivity contribution in [2.45, 2.75) is 69.7 Å². The van der Waals surface area contributed by atoms with Crippen LogP contribution in [0.25, 0.3) is 11.2 Å². The molecule has 1 aliphatic carbocycles. The van der Waals surface area contributed by atoms with E-state index in [0.29, 0.717) is 25.3 Å². The van der Waals surface area contributed by atoms with Gasteiger partial charge in [0.15, 0.2) is 23.8 Å². The number of fused-ring (bicyclic) bond motifs is 1. The van der Waals surface area contributed by atoms with E-state index < -0.39 is 36.0 Å². The van der Waals surface area contributed by atoms with Crippen LogP contribution in [0.1, 0.15) is 51.6 Å². The monoisotopic (exact) mass is 444 g/mol. The summed E-state index contributed by atoms with van der Waals surface area (Å²) in [7, 11) is 0. The molecule has 0 spiro atoms. The number of likely N-dealkylation sites (N-methyl/N-ethyl adjacent to an activating group) is 1. The van der Waals surface area contributed by atoms with Gasteiger partial charge in [-0.05, 0) is 38.0 Å². The van der Waals surface area contributed by atoms with Crippen LogP contribution in [0.2, 0.25) is 0 Å². The molecule has 11 heteroatoms. The second kappa shape index (κ2) is 8.63. The summed E-state index contributed by atoms with van der Waals surface area (Å²) in [6.07, 6.45) is -0.699. The predicted octanol–water partition coefficient (Wildman–Crippen LogP) is -0.543. The number of aliphatic hydroxyl groups excluding tert-OH is 2. The third kappa shape index (κ3) is 4.14. The van der Waals surface area contributed by atoms with Crippen molar-refractivity contribution in [2.24, 2.45) is 5.92 Å². The van der Waals surface area contributed by atoms with Gasteiger partial charge in [-0.15, -0.1) is 0 Å². The zero-order chi connectivity index (χ0) is 23.0. The van der Waals surface area contributed by atoms with Crippen molar-refractivity contribution in [1.29, 1.82) is 0 Å². The number of hydrogen-bond acceptors (Lipinski definition) is 9. The number of imidazole rings is 1. The van der Waals surface area contributed by atoms with E-state index in [1.807, 2.05) is 0 Å². The average molecular weight is 444 g/mol. The van der Waals surface area contributed by atoms with Crippen LogP contribution >= 0.6 is 0 Å². The van der Waals surface area contributed by atoms with E-state index in [0.717, 1.165) is 12.8 Å². The lowest BCUT2D eigenvalue weighted by molar-refractivity contribution is -0.137. The number of nitrogens with one attached hydrogen (secondary N) is 1. The summed E-state index contributed by atoms with van der Waals surface area (Å²) in [6.45, 7) is 4.18. The fourth-order valence-electron chi connectivity index (χ4n) is 4.37. The van der Waals surface area contributed by atoms with Crippen molar-refractivity contribution in [3.63, 3.8) is 0 Å². The second-order valence-electron chi connectivity index (χ2n) is 8.56. The normalized spacial score (nSPS) is 32.5. The van der Waals surface area contributed by atoms with E-state index in [1.165, 1.54) is 10.9 Å². The minimum atomic E-state index is -1.43.